The van der Waals surface area contributed by atoms with Gasteiger partial charge in [-0.05, 0) is 33.8 Å². The van der Waals surface area contributed by atoms with Crippen LogP contribution in [0, 0.1) is 0 Å². The normalized spacial score (nSPS) is 12.3. The summed E-state index contributed by atoms with van der Waals surface area (Å²) in [6.45, 7) is 9.36. The molecule has 0 spiro atoms. The highest BCUT2D eigenvalue weighted by Gasteiger charge is 2.13. The number of nitrogens with one attached hydrogen (secondary N) is 1. The fourth-order valence-electron chi connectivity index (χ4n) is 1.47. The van der Waals surface area contributed by atoms with Gasteiger partial charge in [-0.15, -0.1) is 0 Å². The standard InChI is InChI=1S/C14H23N3O/c1-5-16-13(15)17-10-11-8-6-7-9-12(11)18-14(2,3)4/h6-9H,5,10H2,1-4H3,(H3,15,16,17). The summed E-state index contributed by atoms with van der Waals surface area (Å²) in [6.07, 6.45) is 0. The minimum absolute atomic E-state index is 0.215. The van der Waals surface area contributed by atoms with Crippen LogP contribution in [0.3, 0.4) is 0 Å². The number of benzene rings is 1. The lowest BCUT2D eigenvalue weighted by molar-refractivity contribution is 0.129. The predicted octanol–water partition coefficient (Wildman–Crippen LogP) is 2.29. The fraction of sp³-hybridized carbons (Fsp3) is 0.500. The van der Waals surface area contributed by atoms with Crippen molar-refractivity contribution in [2.75, 3.05) is 6.54 Å². The topological polar surface area (TPSA) is 59.6 Å². The van der Waals surface area contributed by atoms with E-state index in [-0.39, 0.29) is 5.60 Å². The summed E-state index contributed by atoms with van der Waals surface area (Å²) < 4.78 is 5.89. The first-order chi connectivity index (χ1) is 8.42. The van der Waals surface area contributed by atoms with Gasteiger partial charge in [0.25, 0.3) is 0 Å². The first-order valence-corrected chi connectivity index (χ1v) is 6.23. The number of nitrogens with zero attached hydrogens (tertiary/aromatic N) is 1. The molecule has 0 radical (unpaired) electrons. The Labute approximate surface area is 109 Å². The van der Waals surface area contributed by atoms with E-state index in [1.807, 2.05) is 52.0 Å². The monoisotopic (exact) mass is 249 g/mol. The molecule has 4 heteroatoms. The zero-order chi connectivity index (χ0) is 13.6. The molecular formula is C14H23N3O. The number of rotatable bonds is 4. The van der Waals surface area contributed by atoms with Crippen LogP contribution < -0.4 is 15.8 Å². The van der Waals surface area contributed by atoms with Crippen LogP contribution in [0.15, 0.2) is 29.3 Å². The van der Waals surface area contributed by atoms with Gasteiger partial charge in [0.05, 0.1) is 6.54 Å². The molecule has 0 aliphatic heterocycles. The average Bonchev–Trinajstić information content (AvgIpc) is 2.26. The summed E-state index contributed by atoms with van der Waals surface area (Å²) in [5.41, 5.74) is 6.53. The number of guanidine groups is 1. The maximum atomic E-state index is 5.89. The van der Waals surface area contributed by atoms with Crippen molar-refractivity contribution in [3.63, 3.8) is 0 Å². The van der Waals surface area contributed by atoms with E-state index in [1.54, 1.807) is 0 Å². The SMILES string of the molecule is CCNC(N)=NCc1ccccc1OC(C)(C)C. The molecule has 4 nitrogen and oxygen atoms in total. The van der Waals surface area contributed by atoms with Gasteiger partial charge in [-0.1, -0.05) is 18.2 Å². The first-order valence-electron chi connectivity index (χ1n) is 6.23. The molecule has 0 aliphatic rings. The summed E-state index contributed by atoms with van der Waals surface area (Å²) in [7, 11) is 0. The van der Waals surface area contributed by atoms with Crippen LogP contribution in [0.5, 0.6) is 5.75 Å². The number of ether oxygens (including phenoxy) is 1. The third kappa shape index (κ3) is 5.08. The zero-order valence-electron chi connectivity index (χ0n) is 11.7. The lowest BCUT2D eigenvalue weighted by Crippen LogP contribution is -2.31. The quantitative estimate of drug-likeness (QED) is 0.636. The summed E-state index contributed by atoms with van der Waals surface area (Å²) in [6, 6.07) is 7.90. The molecule has 0 fully saturated rings. The van der Waals surface area contributed by atoms with Crippen LogP contribution in [0.1, 0.15) is 33.3 Å². The Balaban J connectivity index is 2.79. The van der Waals surface area contributed by atoms with E-state index in [9.17, 15) is 0 Å². The van der Waals surface area contributed by atoms with Gasteiger partial charge in [-0.25, -0.2) is 4.99 Å². The molecule has 0 heterocycles. The third-order valence-electron chi connectivity index (χ3n) is 2.17. The van der Waals surface area contributed by atoms with Crippen molar-refractivity contribution >= 4 is 5.96 Å². The smallest absolute Gasteiger partial charge is 0.188 e. The summed E-state index contributed by atoms with van der Waals surface area (Å²) >= 11 is 0. The molecule has 0 bridgehead atoms. The largest absolute Gasteiger partial charge is 0.488 e. The van der Waals surface area contributed by atoms with Crippen molar-refractivity contribution in [3.8, 4) is 5.75 Å². The van der Waals surface area contributed by atoms with Crippen molar-refractivity contribution < 1.29 is 4.74 Å². The van der Waals surface area contributed by atoms with Crippen LogP contribution in [-0.2, 0) is 6.54 Å². The van der Waals surface area contributed by atoms with E-state index in [2.05, 4.69) is 10.3 Å². The van der Waals surface area contributed by atoms with Gasteiger partial charge in [0.15, 0.2) is 5.96 Å². The highest BCUT2D eigenvalue weighted by atomic mass is 16.5. The highest BCUT2D eigenvalue weighted by molar-refractivity contribution is 5.77. The molecule has 1 rings (SSSR count). The van der Waals surface area contributed by atoms with Crippen molar-refractivity contribution in [3.05, 3.63) is 29.8 Å². The van der Waals surface area contributed by atoms with Crippen molar-refractivity contribution in [1.82, 2.24) is 5.32 Å². The van der Waals surface area contributed by atoms with Gasteiger partial charge in [0.1, 0.15) is 11.4 Å². The lowest BCUT2D eigenvalue weighted by atomic mass is 10.1. The molecule has 0 unspecified atom stereocenters. The number of nitrogens with two attached hydrogens (primary N) is 1. The zero-order valence-corrected chi connectivity index (χ0v) is 11.7. The summed E-state index contributed by atoms with van der Waals surface area (Å²) in [5, 5.41) is 2.97. The Kier molecular flexibility index (Phi) is 5.01. The van der Waals surface area contributed by atoms with E-state index in [0.717, 1.165) is 17.9 Å². The second-order valence-corrected chi connectivity index (χ2v) is 5.05. The van der Waals surface area contributed by atoms with Crippen LogP contribution in [0.25, 0.3) is 0 Å². The first kappa shape index (κ1) is 14.4. The van der Waals surface area contributed by atoms with E-state index < -0.39 is 0 Å². The second-order valence-electron chi connectivity index (χ2n) is 5.05. The van der Waals surface area contributed by atoms with Gasteiger partial charge >= 0.3 is 0 Å². The van der Waals surface area contributed by atoms with E-state index >= 15 is 0 Å². The van der Waals surface area contributed by atoms with Crippen LogP contribution in [0.4, 0.5) is 0 Å². The van der Waals surface area contributed by atoms with Gasteiger partial charge in [-0.3, -0.25) is 0 Å². The lowest BCUT2D eigenvalue weighted by Gasteiger charge is -2.22. The maximum absolute atomic E-state index is 5.89. The molecule has 1 aromatic rings. The van der Waals surface area contributed by atoms with Crippen LogP contribution in [-0.4, -0.2) is 18.1 Å². The van der Waals surface area contributed by atoms with Gasteiger partial charge in [-0.2, -0.15) is 0 Å². The summed E-state index contributed by atoms with van der Waals surface area (Å²) in [4.78, 5) is 4.28. The predicted molar refractivity (Wildman–Crippen MR) is 75.8 cm³/mol. The molecule has 100 valence electrons. The molecule has 0 aromatic heterocycles. The second kappa shape index (κ2) is 6.28. The Morgan fingerprint density at radius 2 is 2.00 bits per heavy atom. The van der Waals surface area contributed by atoms with Crippen LogP contribution in [0.2, 0.25) is 0 Å². The van der Waals surface area contributed by atoms with E-state index in [4.69, 9.17) is 10.5 Å². The minimum Gasteiger partial charge on any atom is -0.488 e. The van der Waals surface area contributed by atoms with Crippen LogP contribution >= 0.6 is 0 Å². The molecule has 18 heavy (non-hydrogen) atoms. The Bertz CT molecular complexity index is 408. The van der Waals surface area contributed by atoms with E-state index in [0.29, 0.717) is 12.5 Å². The van der Waals surface area contributed by atoms with Gasteiger partial charge in [0.2, 0.25) is 0 Å². The molecule has 0 atom stereocenters. The van der Waals surface area contributed by atoms with Gasteiger partial charge < -0.3 is 15.8 Å². The Hall–Kier alpha value is -1.71. The highest BCUT2D eigenvalue weighted by Crippen LogP contribution is 2.23. The number of aliphatic imine (C=N–C) groups is 1. The molecular weight excluding hydrogens is 226 g/mol. The number of para-hydroxylation sites is 1. The van der Waals surface area contributed by atoms with E-state index in [1.165, 1.54) is 0 Å². The Morgan fingerprint density at radius 3 is 2.61 bits per heavy atom. The molecule has 0 saturated carbocycles. The molecule has 0 aliphatic carbocycles. The maximum Gasteiger partial charge on any atom is 0.188 e. The molecule has 0 amide bonds. The van der Waals surface area contributed by atoms with Gasteiger partial charge in [0, 0.05) is 12.1 Å². The minimum atomic E-state index is -0.215. The molecule has 0 saturated heterocycles. The summed E-state index contributed by atoms with van der Waals surface area (Å²) in [5.74, 6) is 1.32. The third-order valence-corrected chi connectivity index (χ3v) is 2.17. The number of hydrogen-bond donors (Lipinski definition) is 2. The fourth-order valence-corrected chi connectivity index (χ4v) is 1.47. The average molecular weight is 249 g/mol. The van der Waals surface area contributed by atoms with Crippen molar-refractivity contribution in [2.24, 2.45) is 10.7 Å². The molecule has 1 aromatic carbocycles. The van der Waals surface area contributed by atoms with Crippen molar-refractivity contribution in [1.29, 1.82) is 0 Å². The van der Waals surface area contributed by atoms with Crippen molar-refractivity contribution in [2.45, 2.75) is 39.8 Å². The molecule has 3 N–H and O–H groups in total. The number of hydrogen-bond acceptors (Lipinski definition) is 2. The Morgan fingerprint density at radius 1 is 1.33 bits per heavy atom.